The highest BCUT2D eigenvalue weighted by atomic mass is 19.1. The Morgan fingerprint density at radius 3 is 2.14 bits per heavy atom. The lowest BCUT2D eigenvalue weighted by atomic mass is 9.98. The van der Waals surface area contributed by atoms with Crippen LogP contribution in [0.3, 0.4) is 0 Å². The average Bonchev–Trinajstić information content (AvgIpc) is 3.93. The molecule has 0 unspecified atom stereocenters. The molecule has 1 amide bonds. The van der Waals surface area contributed by atoms with E-state index in [-0.39, 0.29) is 18.4 Å². The second-order valence-electron chi connectivity index (χ2n) is 15.0. The first-order valence-corrected chi connectivity index (χ1v) is 19.4. The molecule has 0 radical (unpaired) electrons. The maximum absolute atomic E-state index is 15.0. The van der Waals surface area contributed by atoms with E-state index >= 15 is 0 Å². The van der Waals surface area contributed by atoms with Gasteiger partial charge in [-0.2, -0.15) is 0 Å². The molecule has 0 bridgehead atoms. The van der Waals surface area contributed by atoms with E-state index in [1.54, 1.807) is 18.2 Å². The SMILES string of the molecule is C=CC(=O)Nc1cc(Nc2cc(N3OCC[C@@H]3c3cc(F)cc(Cc4cc(F)cc(F)c4)c3)ncn2)c(OC)cc1N1CCC(N2CCN(C3CC3)CC2)CC1. The Hall–Kier alpha value is -5.18. The lowest BCUT2D eigenvalue weighted by molar-refractivity contribution is -0.111. The highest BCUT2D eigenvalue weighted by Crippen LogP contribution is 2.41. The number of halogens is 3. The Labute approximate surface area is 325 Å². The number of hydrogen-bond acceptors (Lipinski definition) is 10. The molecule has 56 heavy (non-hydrogen) atoms. The zero-order valence-electron chi connectivity index (χ0n) is 31.5. The van der Waals surface area contributed by atoms with Crippen molar-refractivity contribution in [3.8, 4) is 5.75 Å². The first-order chi connectivity index (χ1) is 27.2. The number of benzene rings is 3. The summed E-state index contributed by atoms with van der Waals surface area (Å²) in [5, 5.41) is 7.97. The molecule has 4 aliphatic rings. The zero-order chi connectivity index (χ0) is 38.8. The first kappa shape index (κ1) is 37.7. The van der Waals surface area contributed by atoms with Crippen LogP contribution in [0.4, 0.5) is 41.9 Å². The van der Waals surface area contributed by atoms with E-state index in [2.05, 4.69) is 41.9 Å². The number of anilines is 5. The van der Waals surface area contributed by atoms with Crippen molar-refractivity contribution in [2.75, 3.05) is 73.6 Å². The maximum atomic E-state index is 15.0. The molecule has 11 nitrogen and oxygen atoms in total. The number of piperazine rings is 1. The van der Waals surface area contributed by atoms with Gasteiger partial charge in [0, 0.05) is 76.0 Å². The van der Waals surface area contributed by atoms with Crippen LogP contribution in [0.1, 0.15) is 54.8 Å². The van der Waals surface area contributed by atoms with E-state index in [0.717, 1.165) is 69.9 Å². The molecule has 4 aromatic rings. The Morgan fingerprint density at radius 1 is 0.821 bits per heavy atom. The van der Waals surface area contributed by atoms with Crippen LogP contribution in [0.25, 0.3) is 0 Å². The Balaban J connectivity index is 0.989. The van der Waals surface area contributed by atoms with Crippen LogP contribution < -0.4 is 25.3 Å². The molecular weight excluding hydrogens is 722 g/mol. The number of methoxy groups -OCH3 is 1. The fourth-order valence-corrected chi connectivity index (χ4v) is 8.35. The van der Waals surface area contributed by atoms with Gasteiger partial charge in [-0.1, -0.05) is 12.6 Å². The quantitative estimate of drug-likeness (QED) is 0.147. The van der Waals surface area contributed by atoms with Gasteiger partial charge in [0.1, 0.15) is 35.3 Å². The Bertz CT molecular complexity index is 2050. The zero-order valence-corrected chi connectivity index (χ0v) is 31.5. The predicted molar refractivity (Wildman–Crippen MR) is 210 cm³/mol. The number of hydroxylamine groups is 1. The van der Waals surface area contributed by atoms with Crippen LogP contribution in [0.15, 0.2) is 73.6 Å². The minimum Gasteiger partial charge on any atom is -0.494 e. The molecular formula is C42H47F3N8O3. The summed E-state index contributed by atoms with van der Waals surface area (Å²) in [6, 6.07) is 14.4. The third-order valence-corrected chi connectivity index (χ3v) is 11.2. The lowest BCUT2D eigenvalue weighted by Crippen LogP contribution is -2.53. The Morgan fingerprint density at radius 2 is 1.48 bits per heavy atom. The molecule has 1 aliphatic carbocycles. The summed E-state index contributed by atoms with van der Waals surface area (Å²) in [7, 11) is 1.60. The fourth-order valence-electron chi connectivity index (χ4n) is 8.35. The minimum atomic E-state index is -0.685. The molecule has 3 aromatic carbocycles. The van der Waals surface area contributed by atoms with Crippen molar-refractivity contribution in [2.24, 2.45) is 0 Å². The number of nitrogens with one attached hydrogen (secondary N) is 2. The summed E-state index contributed by atoms with van der Waals surface area (Å²) in [6.45, 7) is 10.3. The van der Waals surface area contributed by atoms with Crippen LogP contribution in [-0.4, -0.2) is 90.7 Å². The standard InChI is InChI=1S/C42H47F3N8O3/c1-3-42(54)49-35-23-36(39(55-2)24-38(35)52-9-6-34(7-10-52)51-13-11-50(12-14-51)33-4-5-33)48-40-25-41(47-26-46-40)53-37(8-15-56-53)29-17-27(18-30(43)21-29)16-28-19-31(44)22-32(45)20-28/h3,17-26,33-34,37H,1,4-16H2,2H3,(H,49,54)(H,46,47,48)/t37-/m1/s1. The molecule has 3 saturated heterocycles. The van der Waals surface area contributed by atoms with Crippen molar-refractivity contribution in [3.05, 3.63) is 108 Å². The minimum absolute atomic E-state index is 0.153. The topological polar surface area (TPSA) is 98.3 Å². The van der Waals surface area contributed by atoms with Gasteiger partial charge in [-0.25, -0.2) is 28.2 Å². The van der Waals surface area contributed by atoms with Gasteiger partial charge in [-0.15, -0.1) is 0 Å². The van der Waals surface area contributed by atoms with Crippen LogP contribution in [0.5, 0.6) is 5.75 Å². The van der Waals surface area contributed by atoms with E-state index in [1.165, 1.54) is 49.5 Å². The second kappa shape index (κ2) is 16.5. The number of carbonyl (C=O) groups is 1. The number of piperidine rings is 1. The molecule has 1 aromatic heterocycles. The highest BCUT2D eigenvalue weighted by molar-refractivity contribution is 6.02. The number of rotatable bonds is 12. The number of carbonyl (C=O) groups excluding carboxylic acids is 1. The number of amides is 1. The van der Waals surface area contributed by atoms with E-state index < -0.39 is 17.5 Å². The van der Waals surface area contributed by atoms with Crippen molar-refractivity contribution in [1.82, 2.24) is 19.8 Å². The first-order valence-electron chi connectivity index (χ1n) is 19.4. The summed E-state index contributed by atoms with van der Waals surface area (Å²) >= 11 is 0. The van der Waals surface area contributed by atoms with E-state index in [4.69, 9.17) is 9.57 Å². The van der Waals surface area contributed by atoms with Gasteiger partial charge in [-0.05, 0) is 85.2 Å². The maximum Gasteiger partial charge on any atom is 0.247 e. The van der Waals surface area contributed by atoms with Gasteiger partial charge >= 0.3 is 0 Å². The van der Waals surface area contributed by atoms with Crippen molar-refractivity contribution in [3.63, 3.8) is 0 Å². The number of hydrogen-bond donors (Lipinski definition) is 2. The summed E-state index contributed by atoms with van der Waals surface area (Å²) in [4.78, 5) is 35.2. The van der Waals surface area contributed by atoms with E-state index in [0.29, 0.717) is 64.5 Å². The van der Waals surface area contributed by atoms with Crippen LogP contribution in [-0.2, 0) is 16.1 Å². The van der Waals surface area contributed by atoms with Crippen molar-refractivity contribution < 1.29 is 27.5 Å². The van der Waals surface area contributed by atoms with Crippen molar-refractivity contribution >= 4 is 34.6 Å². The third-order valence-electron chi connectivity index (χ3n) is 11.2. The molecule has 0 spiro atoms. The summed E-state index contributed by atoms with van der Waals surface area (Å²) in [5.74, 6) is -0.716. The molecule has 8 rings (SSSR count). The van der Waals surface area contributed by atoms with E-state index in [1.807, 2.05) is 18.2 Å². The number of nitrogens with zero attached hydrogens (tertiary/aromatic N) is 6. The van der Waals surface area contributed by atoms with Gasteiger partial charge in [0.2, 0.25) is 5.91 Å². The normalized spacial score (nSPS) is 19.6. The summed E-state index contributed by atoms with van der Waals surface area (Å²) in [5.41, 5.74) is 3.68. The van der Waals surface area contributed by atoms with Gasteiger partial charge < -0.3 is 20.3 Å². The predicted octanol–water partition coefficient (Wildman–Crippen LogP) is 6.99. The number of ether oxygens (including phenoxy) is 1. The molecule has 3 aliphatic heterocycles. The number of aromatic nitrogens is 2. The fraction of sp³-hybridized carbons (Fsp3) is 0.405. The highest BCUT2D eigenvalue weighted by Gasteiger charge is 2.34. The smallest absolute Gasteiger partial charge is 0.247 e. The molecule has 4 heterocycles. The van der Waals surface area contributed by atoms with Gasteiger partial charge in [0.05, 0.1) is 36.8 Å². The van der Waals surface area contributed by atoms with Crippen molar-refractivity contribution in [1.29, 1.82) is 0 Å². The van der Waals surface area contributed by atoms with Gasteiger partial charge in [0.25, 0.3) is 0 Å². The third kappa shape index (κ3) is 8.62. The largest absolute Gasteiger partial charge is 0.494 e. The molecule has 2 N–H and O–H groups in total. The summed E-state index contributed by atoms with van der Waals surface area (Å²) in [6.07, 6.45) is 8.14. The van der Waals surface area contributed by atoms with Crippen molar-refractivity contribution in [2.45, 2.75) is 56.7 Å². The molecule has 4 fully saturated rings. The molecule has 1 atom stereocenters. The second-order valence-corrected chi connectivity index (χ2v) is 15.0. The van der Waals surface area contributed by atoms with Crippen LogP contribution in [0, 0.1) is 17.5 Å². The summed E-state index contributed by atoms with van der Waals surface area (Å²) < 4.78 is 48.6. The molecule has 294 valence electrons. The van der Waals surface area contributed by atoms with Crippen LogP contribution >= 0.6 is 0 Å². The molecule has 1 saturated carbocycles. The van der Waals surface area contributed by atoms with Gasteiger partial charge in [-0.3, -0.25) is 19.4 Å². The Kier molecular flexibility index (Phi) is 11.1. The van der Waals surface area contributed by atoms with E-state index in [9.17, 15) is 18.0 Å². The lowest BCUT2D eigenvalue weighted by Gasteiger charge is -2.43. The van der Waals surface area contributed by atoms with Gasteiger partial charge in [0.15, 0.2) is 5.82 Å². The average molecular weight is 769 g/mol. The van der Waals surface area contributed by atoms with Crippen LogP contribution in [0.2, 0.25) is 0 Å². The monoisotopic (exact) mass is 768 g/mol. The molecule has 14 heteroatoms.